The highest BCUT2D eigenvalue weighted by Crippen LogP contribution is 2.26. The number of fused-ring (bicyclic) bond motifs is 2. The molecule has 0 aromatic heterocycles. The maximum Gasteiger partial charge on any atom is 0.0707 e. The van der Waals surface area contributed by atoms with Crippen molar-refractivity contribution in [3.8, 4) is 0 Å². The van der Waals surface area contributed by atoms with Crippen molar-refractivity contribution in [2.45, 2.75) is 57.8 Å². The molecule has 0 amide bonds. The molecular weight excluding hydrogens is 202 g/mol. The van der Waals surface area contributed by atoms with Crippen molar-refractivity contribution in [2.75, 3.05) is 26.2 Å². The molecule has 2 rings (SSSR count). The van der Waals surface area contributed by atoms with Gasteiger partial charge in [0.25, 0.3) is 0 Å². The molecule has 0 saturated carbocycles. The highest BCUT2D eigenvalue weighted by molar-refractivity contribution is 4.84. The van der Waals surface area contributed by atoms with Gasteiger partial charge in [-0.1, -0.05) is 0 Å². The second-order valence-electron chi connectivity index (χ2n) is 6.03. The van der Waals surface area contributed by atoms with Crippen LogP contribution >= 0.6 is 0 Å². The first-order chi connectivity index (χ1) is 7.53. The van der Waals surface area contributed by atoms with E-state index in [1.54, 1.807) is 0 Å². The number of hydrogen-bond acceptors (Lipinski definition) is 3. The van der Waals surface area contributed by atoms with E-state index in [9.17, 15) is 0 Å². The second-order valence-corrected chi connectivity index (χ2v) is 6.03. The smallest absolute Gasteiger partial charge is 0.0707 e. The van der Waals surface area contributed by atoms with E-state index in [0.717, 1.165) is 32.7 Å². The van der Waals surface area contributed by atoms with Gasteiger partial charge < -0.3 is 9.47 Å². The zero-order chi connectivity index (χ0) is 11.6. The highest BCUT2D eigenvalue weighted by Gasteiger charge is 2.33. The van der Waals surface area contributed by atoms with Gasteiger partial charge in [-0.05, 0) is 40.0 Å². The molecule has 2 atom stereocenters. The lowest BCUT2D eigenvalue weighted by molar-refractivity contribution is -0.0460. The molecule has 3 heteroatoms. The molecular formula is C13H25NO2. The van der Waals surface area contributed by atoms with Crippen LogP contribution in [0.4, 0.5) is 0 Å². The Morgan fingerprint density at radius 1 is 1.19 bits per heavy atom. The summed E-state index contributed by atoms with van der Waals surface area (Å²) in [5.74, 6) is 0. The average Bonchev–Trinajstić information content (AvgIpc) is 2.52. The van der Waals surface area contributed by atoms with Crippen LogP contribution in [0.2, 0.25) is 0 Å². The van der Waals surface area contributed by atoms with Gasteiger partial charge in [-0.15, -0.1) is 0 Å². The number of nitrogens with zero attached hydrogens (tertiary/aromatic N) is 1. The standard InChI is InChI=1S/C13H25NO2/c1-13(2,3)15-8-4-7-14-9-11-5-6-12(10-14)16-11/h11-12H,4-10H2,1-3H3. The summed E-state index contributed by atoms with van der Waals surface area (Å²) in [6.07, 6.45) is 4.69. The Hall–Kier alpha value is -0.120. The first-order valence-electron chi connectivity index (χ1n) is 6.55. The highest BCUT2D eigenvalue weighted by atomic mass is 16.5. The van der Waals surface area contributed by atoms with Gasteiger partial charge >= 0.3 is 0 Å². The van der Waals surface area contributed by atoms with E-state index in [1.165, 1.54) is 12.8 Å². The summed E-state index contributed by atoms with van der Waals surface area (Å²) in [6.45, 7) is 10.6. The van der Waals surface area contributed by atoms with Crippen molar-refractivity contribution >= 4 is 0 Å². The van der Waals surface area contributed by atoms with Gasteiger partial charge in [0.15, 0.2) is 0 Å². The average molecular weight is 227 g/mol. The molecule has 2 fully saturated rings. The van der Waals surface area contributed by atoms with Crippen LogP contribution in [0.15, 0.2) is 0 Å². The fourth-order valence-electron chi connectivity index (χ4n) is 2.55. The van der Waals surface area contributed by atoms with Gasteiger partial charge in [-0.25, -0.2) is 0 Å². The first kappa shape index (κ1) is 12.3. The molecule has 2 aliphatic rings. The lowest BCUT2D eigenvalue weighted by Crippen LogP contribution is -2.43. The number of morpholine rings is 1. The predicted molar refractivity (Wildman–Crippen MR) is 64.7 cm³/mol. The van der Waals surface area contributed by atoms with Crippen LogP contribution in [-0.4, -0.2) is 49.0 Å². The summed E-state index contributed by atoms with van der Waals surface area (Å²) >= 11 is 0. The van der Waals surface area contributed by atoms with Crippen LogP contribution in [0.1, 0.15) is 40.0 Å². The van der Waals surface area contributed by atoms with E-state index in [2.05, 4.69) is 25.7 Å². The topological polar surface area (TPSA) is 21.7 Å². The van der Waals surface area contributed by atoms with Crippen LogP contribution in [0.25, 0.3) is 0 Å². The van der Waals surface area contributed by atoms with Crippen molar-refractivity contribution in [1.29, 1.82) is 0 Å². The van der Waals surface area contributed by atoms with E-state index >= 15 is 0 Å². The minimum absolute atomic E-state index is 0.00401. The first-order valence-corrected chi connectivity index (χ1v) is 6.55. The molecule has 2 saturated heterocycles. The van der Waals surface area contributed by atoms with Crippen molar-refractivity contribution in [3.05, 3.63) is 0 Å². The number of ether oxygens (including phenoxy) is 2. The van der Waals surface area contributed by atoms with Crippen LogP contribution in [0, 0.1) is 0 Å². The molecule has 94 valence electrons. The third kappa shape index (κ3) is 3.72. The summed E-state index contributed by atoms with van der Waals surface area (Å²) < 4.78 is 11.5. The molecule has 0 aromatic rings. The predicted octanol–water partition coefficient (Wildman–Crippen LogP) is 2.05. The Labute approximate surface area is 99.1 Å². The molecule has 0 N–H and O–H groups in total. The Morgan fingerprint density at radius 2 is 1.81 bits per heavy atom. The summed E-state index contributed by atoms with van der Waals surface area (Å²) in [5.41, 5.74) is 0.00401. The van der Waals surface area contributed by atoms with Gasteiger partial charge in [-0.2, -0.15) is 0 Å². The zero-order valence-corrected chi connectivity index (χ0v) is 10.9. The molecule has 2 bridgehead atoms. The number of likely N-dealkylation sites (tertiary alicyclic amines) is 1. The van der Waals surface area contributed by atoms with Gasteiger partial charge in [0.1, 0.15) is 0 Å². The SMILES string of the molecule is CC(C)(C)OCCCN1CC2CCC(C1)O2. The monoisotopic (exact) mass is 227 g/mol. The second kappa shape index (κ2) is 5.03. The van der Waals surface area contributed by atoms with Crippen molar-refractivity contribution in [3.63, 3.8) is 0 Å². The summed E-state index contributed by atoms with van der Waals surface area (Å²) in [4.78, 5) is 2.54. The van der Waals surface area contributed by atoms with E-state index in [-0.39, 0.29) is 5.60 Å². The van der Waals surface area contributed by atoms with Crippen LogP contribution in [-0.2, 0) is 9.47 Å². The van der Waals surface area contributed by atoms with Crippen molar-refractivity contribution < 1.29 is 9.47 Å². The van der Waals surface area contributed by atoms with Gasteiger partial charge in [0, 0.05) is 26.2 Å². The van der Waals surface area contributed by atoms with Crippen LogP contribution in [0.3, 0.4) is 0 Å². The molecule has 0 radical (unpaired) electrons. The molecule has 3 nitrogen and oxygen atoms in total. The Kier molecular flexibility index (Phi) is 3.88. The van der Waals surface area contributed by atoms with Crippen LogP contribution < -0.4 is 0 Å². The fourth-order valence-corrected chi connectivity index (χ4v) is 2.55. The molecule has 2 unspecified atom stereocenters. The summed E-state index contributed by atoms with van der Waals surface area (Å²) in [6, 6.07) is 0. The largest absolute Gasteiger partial charge is 0.376 e. The lowest BCUT2D eigenvalue weighted by atomic mass is 10.2. The lowest BCUT2D eigenvalue weighted by Gasteiger charge is -2.32. The van der Waals surface area contributed by atoms with E-state index in [1.807, 2.05) is 0 Å². The Bertz CT molecular complexity index is 212. The minimum Gasteiger partial charge on any atom is -0.376 e. The Morgan fingerprint density at radius 3 is 2.38 bits per heavy atom. The molecule has 16 heavy (non-hydrogen) atoms. The summed E-state index contributed by atoms with van der Waals surface area (Å²) in [5, 5.41) is 0. The number of rotatable bonds is 4. The van der Waals surface area contributed by atoms with Crippen LogP contribution in [0.5, 0.6) is 0 Å². The molecule has 0 spiro atoms. The molecule has 0 aromatic carbocycles. The van der Waals surface area contributed by atoms with E-state index < -0.39 is 0 Å². The van der Waals surface area contributed by atoms with Gasteiger partial charge in [-0.3, -0.25) is 4.90 Å². The zero-order valence-electron chi connectivity index (χ0n) is 10.9. The maximum atomic E-state index is 5.82. The molecule has 0 aliphatic carbocycles. The molecule has 2 aliphatic heterocycles. The quantitative estimate of drug-likeness (QED) is 0.686. The van der Waals surface area contributed by atoms with E-state index in [4.69, 9.17) is 9.47 Å². The third-order valence-electron chi connectivity index (χ3n) is 3.27. The van der Waals surface area contributed by atoms with E-state index in [0.29, 0.717) is 12.2 Å². The Balaban J connectivity index is 1.60. The summed E-state index contributed by atoms with van der Waals surface area (Å²) in [7, 11) is 0. The van der Waals surface area contributed by atoms with Crippen molar-refractivity contribution in [1.82, 2.24) is 4.90 Å². The normalized spacial score (nSPS) is 30.9. The third-order valence-corrected chi connectivity index (χ3v) is 3.27. The van der Waals surface area contributed by atoms with Gasteiger partial charge in [0.05, 0.1) is 17.8 Å². The maximum absolute atomic E-state index is 5.82. The van der Waals surface area contributed by atoms with Crippen molar-refractivity contribution in [2.24, 2.45) is 0 Å². The number of hydrogen-bond donors (Lipinski definition) is 0. The molecule has 2 heterocycles. The fraction of sp³-hybridized carbons (Fsp3) is 1.00. The minimum atomic E-state index is 0.00401. The van der Waals surface area contributed by atoms with Gasteiger partial charge in [0.2, 0.25) is 0 Å².